The smallest absolute Gasteiger partial charge is 0.352 e. The van der Waals surface area contributed by atoms with Crippen molar-refractivity contribution in [2.75, 3.05) is 24.6 Å². The highest BCUT2D eigenvalue weighted by Gasteiger charge is 2.66. The number of carboxylic acid groups (broad SMARTS) is 2. The molecule has 1 aromatic heterocycles. The van der Waals surface area contributed by atoms with Gasteiger partial charge in [-0.25, -0.2) is 14.6 Å². The molecule has 276 valence electrons. The molecule has 1 unspecified atom stereocenters. The number of fused-ring (bicyclic) bond motifs is 1. The van der Waals surface area contributed by atoms with E-state index >= 15 is 0 Å². The Kier molecular flexibility index (Phi) is 10.8. The SMILES string of the molecule is O=C(O)Cc1nc(SCC2=C(C(=O)O)N3C(=O)[C@@](NO)(NC(=O)C(NC(=O)N4CCN(Cc5ccccc5)C(=O)C4=O)c4ccccc4)[C@@H]3SC2)n[nH]1. The lowest BCUT2D eigenvalue weighted by atomic mass is 9.94. The number of β-lactam (4-membered cyclic amide) rings is 1. The third kappa shape index (κ3) is 7.44. The highest BCUT2D eigenvalue weighted by Crippen LogP contribution is 2.46. The van der Waals surface area contributed by atoms with Gasteiger partial charge in [-0.1, -0.05) is 72.4 Å². The Balaban J connectivity index is 1.16. The minimum absolute atomic E-state index is 0.0191. The second-order valence-corrected chi connectivity index (χ2v) is 13.9. The van der Waals surface area contributed by atoms with Crippen LogP contribution in [0, 0.1) is 0 Å². The van der Waals surface area contributed by atoms with E-state index in [1.54, 1.807) is 42.5 Å². The van der Waals surface area contributed by atoms with E-state index in [1.807, 2.05) is 11.5 Å². The molecule has 6 rings (SSSR count). The molecule has 53 heavy (non-hydrogen) atoms. The molecule has 3 aliphatic heterocycles. The van der Waals surface area contributed by atoms with Gasteiger partial charge in [0.1, 0.15) is 29.4 Å². The Hall–Kier alpha value is -5.77. The van der Waals surface area contributed by atoms with Gasteiger partial charge < -0.3 is 31.0 Å². The van der Waals surface area contributed by atoms with Crippen LogP contribution in [0.3, 0.4) is 0 Å². The second kappa shape index (κ2) is 15.5. The molecular weight excluding hydrogens is 735 g/mol. The number of hydroxylamine groups is 1. The van der Waals surface area contributed by atoms with Crippen LogP contribution in [0.2, 0.25) is 0 Å². The van der Waals surface area contributed by atoms with Crippen molar-refractivity contribution < 1.29 is 49.0 Å². The van der Waals surface area contributed by atoms with E-state index in [1.165, 1.54) is 17.0 Å². The lowest BCUT2D eigenvalue weighted by molar-refractivity contribution is -0.171. The van der Waals surface area contributed by atoms with Crippen molar-refractivity contribution in [3.05, 3.63) is 88.9 Å². The largest absolute Gasteiger partial charge is 0.481 e. The van der Waals surface area contributed by atoms with Crippen LogP contribution in [0.25, 0.3) is 0 Å². The third-order valence-electron chi connectivity index (χ3n) is 8.49. The first-order valence-corrected chi connectivity index (χ1v) is 17.9. The monoisotopic (exact) mass is 765 g/mol. The highest BCUT2D eigenvalue weighted by molar-refractivity contribution is 8.01. The number of H-pyrrole nitrogens is 1. The topological polar surface area (TPSA) is 268 Å². The average Bonchev–Trinajstić information content (AvgIpc) is 3.60. The van der Waals surface area contributed by atoms with Crippen molar-refractivity contribution in [1.82, 2.24) is 46.0 Å². The molecule has 0 bridgehead atoms. The predicted octanol–water partition coefficient (Wildman–Crippen LogP) is -0.109. The normalized spacial score (nSPS) is 20.4. The average molecular weight is 766 g/mol. The summed E-state index contributed by atoms with van der Waals surface area (Å²) in [6.45, 7) is 0.0390. The zero-order valence-corrected chi connectivity index (χ0v) is 29.1. The zero-order chi connectivity index (χ0) is 37.9. The summed E-state index contributed by atoms with van der Waals surface area (Å²) in [7, 11) is 0. The predicted molar refractivity (Wildman–Crippen MR) is 183 cm³/mol. The number of urea groups is 1. The van der Waals surface area contributed by atoms with Gasteiger partial charge in [-0.15, -0.1) is 16.9 Å². The van der Waals surface area contributed by atoms with Crippen molar-refractivity contribution in [1.29, 1.82) is 0 Å². The molecule has 0 radical (unpaired) electrons. The van der Waals surface area contributed by atoms with Gasteiger partial charge in [0.05, 0.1) is 0 Å². The zero-order valence-electron chi connectivity index (χ0n) is 27.4. The van der Waals surface area contributed by atoms with Crippen LogP contribution >= 0.6 is 23.5 Å². The minimum atomic E-state index is -2.22. The number of piperazine rings is 1. The number of carbonyl (C=O) groups excluding carboxylic acids is 5. The number of hydrogen-bond acceptors (Lipinski definition) is 13. The molecule has 2 aromatic carbocycles. The maximum atomic E-state index is 13.9. The van der Waals surface area contributed by atoms with Crippen LogP contribution in [-0.4, -0.2) is 123 Å². The number of aliphatic carboxylic acids is 2. The van der Waals surface area contributed by atoms with E-state index in [9.17, 15) is 43.9 Å². The summed E-state index contributed by atoms with van der Waals surface area (Å²) >= 11 is 2.05. The van der Waals surface area contributed by atoms with Crippen molar-refractivity contribution in [2.24, 2.45) is 0 Å². The van der Waals surface area contributed by atoms with E-state index in [-0.39, 0.29) is 53.4 Å². The summed E-state index contributed by atoms with van der Waals surface area (Å²) in [4.78, 5) is 97.5. The summed E-state index contributed by atoms with van der Waals surface area (Å²) < 4.78 is 0. The number of aromatic amines is 1. The van der Waals surface area contributed by atoms with E-state index in [0.717, 1.165) is 34.0 Å². The molecule has 4 heterocycles. The van der Waals surface area contributed by atoms with Crippen LogP contribution in [0.4, 0.5) is 4.79 Å². The minimum Gasteiger partial charge on any atom is -0.481 e. The number of thioether (sulfide) groups is 2. The number of nitrogens with zero attached hydrogens (tertiary/aromatic N) is 5. The molecule has 3 aliphatic rings. The van der Waals surface area contributed by atoms with Crippen molar-refractivity contribution >= 4 is 65.1 Å². The lowest BCUT2D eigenvalue weighted by Gasteiger charge is -2.56. The molecule has 3 atom stereocenters. The molecule has 0 spiro atoms. The molecule has 7 N–H and O–H groups in total. The van der Waals surface area contributed by atoms with Crippen molar-refractivity contribution in [3.8, 4) is 0 Å². The number of benzene rings is 2. The number of rotatable bonds is 13. The van der Waals surface area contributed by atoms with Crippen LogP contribution in [0.5, 0.6) is 0 Å². The summed E-state index contributed by atoms with van der Waals surface area (Å²) in [5, 5.41) is 39.7. The number of carboxylic acids is 2. The van der Waals surface area contributed by atoms with Gasteiger partial charge in [-0.05, 0) is 16.7 Å². The number of amides is 6. The molecule has 6 amide bonds. The molecular formula is C32H31N9O10S2. The Morgan fingerprint density at radius 3 is 2.36 bits per heavy atom. The molecule has 0 saturated carbocycles. The maximum Gasteiger partial charge on any atom is 0.352 e. The van der Waals surface area contributed by atoms with Gasteiger partial charge in [0, 0.05) is 31.1 Å². The Morgan fingerprint density at radius 2 is 1.70 bits per heavy atom. The quantitative estimate of drug-likeness (QED) is 0.0394. The Bertz CT molecular complexity index is 2000. The fourth-order valence-corrected chi connectivity index (χ4v) is 8.30. The molecule has 2 fully saturated rings. The van der Waals surface area contributed by atoms with Gasteiger partial charge in [-0.2, -0.15) is 5.48 Å². The second-order valence-electron chi connectivity index (χ2n) is 11.9. The first-order valence-electron chi connectivity index (χ1n) is 15.8. The highest BCUT2D eigenvalue weighted by atomic mass is 32.2. The fraction of sp³-hybridized carbons (Fsp3) is 0.281. The first kappa shape index (κ1) is 37.0. The van der Waals surface area contributed by atoms with E-state index in [0.29, 0.717) is 10.5 Å². The van der Waals surface area contributed by atoms with E-state index < -0.39 is 65.1 Å². The fourth-order valence-electron chi connectivity index (χ4n) is 5.93. The summed E-state index contributed by atoms with van der Waals surface area (Å²) in [6.07, 6.45) is -0.392. The van der Waals surface area contributed by atoms with Crippen LogP contribution in [0.1, 0.15) is 23.0 Å². The number of hydrogen-bond donors (Lipinski definition) is 7. The third-order valence-corrected chi connectivity index (χ3v) is 10.8. The van der Waals surface area contributed by atoms with Crippen LogP contribution in [-0.2, 0) is 41.7 Å². The number of nitrogens with one attached hydrogen (secondary N) is 4. The maximum absolute atomic E-state index is 13.9. The van der Waals surface area contributed by atoms with Crippen molar-refractivity contribution in [2.45, 2.75) is 35.2 Å². The van der Waals surface area contributed by atoms with Gasteiger partial charge in [0.2, 0.25) is 16.7 Å². The number of aromatic nitrogens is 3. The Labute approximate surface area is 308 Å². The standard InChI is InChI=1S/C32H31N9O10S2/c42-21(43)13-20-33-30(37-36-20)53-16-19-15-52-29-32(38-51,28(49)41(29)23(19)27(47)48)35-24(44)22(18-9-5-2-6-10-18)34-31(50)40-12-11-39(25(45)26(40)46)14-17-7-3-1-4-8-17/h1-10,22,29,38,51H,11-16H2,(H,34,50)(H,35,44)(H,42,43)(H,47,48)(H,33,36,37)/t22?,29-,32-/m0/s1. The van der Waals surface area contributed by atoms with Gasteiger partial charge in [0.15, 0.2) is 0 Å². The van der Waals surface area contributed by atoms with Crippen LogP contribution in [0.15, 0.2) is 77.1 Å². The molecule has 0 aliphatic carbocycles. The number of imide groups is 1. The summed E-state index contributed by atoms with van der Waals surface area (Å²) in [5.41, 5.74) is 0.570. The number of carbonyl (C=O) groups is 7. The van der Waals surface area contributed by atoms with E-state index in [2.05, 4.69) is 25.8 Å². The first-order chi connectivity index (χ1) is 25.4. The lowest BCUT2D eigenvalue weighted by Crippen LogP contribution is -2.85. The molecule has 3 aromatic rings. The van der Waals surface area contributed by atoms with Crippen LogP contribution < -0.4 is 16.1 Å². The van der Waals surface area contributed by atoms with Gasteiger partial charge in [0.25, 0.3) is 5.91 Å². The Morgan fingerprint density at radius 1 is 1.00 bits per heavy atom. The summed E-state index contributed by atoms with van der Waals surface area (Å²) in [5.74, 6) is -6.42. The van der Waals surface area contributed by atoms with E-state index in [4.69, 9.17) is 5.11 Å². The molecule has 21 heteroatoms. The van der Waals surface area contributed by atoms with Gasteiger partial charge >= 0.3 is 29.8 Å². The molecule has 2 saturated heterocycles. The van der Waals surface area contributed by atoms with Crippen molar-refractivity contribution in [3.63, 3.8) is 0 Å². The summed E-state index contributed by atoms with van der Waals surface area (Å²) in [6, 6.07) is 14.2. The van der Waals surface area contributed by atoms with Gasteiger partial charge in [-0.3, -0.25) is 38.9 Å². The molecule has 19 nitrogen and oxygen atoms in total.